The van der Waals surface area contributed by atoms with Gasteiger partial charge in [0.25, 0.3) is 0 Å². The minimum atomic E-state index is 0.130. The third-order valence-corrected chi connectivity index (χ3v) is 2.98. The number of hydrogen-bond acceptors (Lipinski definition) is 4. The molecular formula is C15H24N2O2. The van der Waals surface area contributed by atoms with Gasteiger partial charge < -0.3 is 20.5 Å². The summed E-state index contributed by atoms with van der Waals surface area (Å²) >= 11 is 0. The molecule has 4 heteroatoms. The molecule has 1 rings (SSSR count). The van der Waals surface area contributed by atoms with Gasteiger partial charge in [-0.1, -0.05) is 18.2 Å². The summed E-state index contributed by atoms with van der Waals surface area (Å²) in [5.41, 5.74) is 6.94. The van der Waals surface area contributed by atoms with Crippen molar-refractivity contribution in [1.82, 2.24) is 5.32 Å². The molecule has 0 saturated carbocycles. The van der Waals surface area contributed by atoms with Crippen molar-refractivity contribution in [3.05, 3.63) is 35.9 Å². The molecule has 0 fully saturated rings. The van der Waals surface area contributed by atoms with Crippen LogP contribution in [0.3, 0.4) is 0 Å². The SMILES string of the molecule is C/C=C/CCNC(CN)c1ccc(OC)c(OC)c1. The minimum Gasteiger partial charge on any atom is -0.493 e. The summed E-state index contributed by atoms with van der Waals surface area (Å²) in [5.74, 6) is 1.46. The normalized spacial score (nSPS) is 12.6. The van der Waals surface area contributed by atoms with Crippen LogP contribution in [0, 0.1) is 0 Å². The van der Waals surface area contributed by atoms with Gasteiger partial charge in [0, 0.05) is 12.6 Å². The van der Waals surface area contributed by atoms with Gasteiger partial charge in [-0.3, -0.25) is 0 Å². The van der Waals surface area contributed by atoms with Gasteiger partial charge in [0.2, 0.25) is 0 Å². The summed E-state index contributed by atoms with van der Waals surface area (Å²) in [4.78, 5) is 0. The van der Waals surface area contributed by atoms with E-state index in [4.69, 9.17) is 15.2 Å². The molecule has 0 aliphatic heterocycles. The lowest BCUT2D eigenvalue weighted by atomic mass is 10.1. The largest absolute Gasteiger partial charge is 0.493 e. The van der Waals surface area contributed by atoms with Crippen LogP contribution in [0.4, 0.5) is 0 Å². The summed E-state index contributed by atoms with van der Waals surface area (Å²) in [6, 6.07) is 6.02. The summed E-state index contributed by atoms with van der Waals surface area (Å²) in [6.45, 7) is 3.47. The van der Waals surface area contributed by atoms with Crippen molar-refractivity contribution < 1.29 is 9.47 Å². The van der Waals surface area contributed by atoms with Gasteiger partial charge in [-0.2, -0.15) is 0 Å². The number of benzene rings is 1. The second-order valence-corrected chi connectivity index (χ2v) is 4.21. The van der Waals surface area contributed by atoms with Crippen LogP contribution in [-0.4, -0.2) is 27.3 Å². The van der Waals surface area contributed by atoms with Crippen LogP contribution in [0.1, 0.15) is 24.9 Å². The Morgan fingerprint density at radius 2 is 2.00 bits per heavy atom. The molecule has 0 saturated heterocycles. The maximum Gasteiger partial charge on any atom is 0.161 e. The van der Waals surface area contributed by atoms with Crippen molar-refractivity contribution in [2.45, 2.75) is 19.4 Å². The topological polar surface area (TPSA) is 56.5 Å². The lowest BCUT2D eigenvalue weighted by Gasteiger charge is -2.18. The molecule has 0 aliphatic rings. The van der Waals surface area contributed by atoms with E-state index < -0.39 is 0 Å². The zero-order chi connectivity index (χ0) is 14.1. The van der Waals surface area contributed by atoms with Crippen LogP contribution >= 0.6 is 0 Å². The summed E-state index contributed by atoms with van der Waals surface area (Å²) in [5, 5.41) is 3.44. The first-order valence-corrected chi connectivity index (χ1v) is 6.53. The molecule has 0 aliphatic carbocycles. The molecule has 1 aromatic carbocycles. The average molecular weight is 264 g/mol. The van der Waals surface area contributed by atoms with Gasteiger partial charge in [0.15, 0.2) is 11.5 Å². The highest BCUT2D eigenvalue weighted by atomic mass is 16.5. The molecule has 0 heterocycles. The first-order valence-electron chi connectivity index (χ1n) is 6.53. The first kappa shape index (κ1) is 15.5. The van der Waals surface area contributed by atoms with E-state index in [1.807, 2.05) is 25.1 Å². The lowest BCUT2D eigenvalue weighted by molar-refractivity contribution is 0.354. The number of ether oxygens (including phenoxy) is 2. The van der Waals surface area contributed by atoms with E-state index in [-0.39, 0.29) is 6.04 Å². The van der Waals surface area contributed by atoms with E-state index in [1.165, 1.54) is 0 Å². The van der Waals surface area contributed by atoms with Crippen LogP contribution < -0.4 is 20.5 Å². The highest BCUT2D eigenvalue weighted by Gasteiger charge is 2.12. The first-order chi connectivity index (χ1) is 9.26. The van der Waals surface area contributed by atoms with Crippen LogP contribution in [0.5, 0.6) is 11.5 Å². The van der Waals surface area contributed by atoms with E-state index >= 15 is 0 Å². The fourth-order valence-electron chi connectivity index (χ4n) is 1.91. The number of hydrogen-bond donors (Lipinski definition) is 2. The number of rotatable bonds is 8. The fraction of sp³-hybridized carbons (Fsp3) is 0.467. The summed E-state index contributed by atoms with van der Waals surface area (Å²) in [6.07, 6.45) is 5.19. The summed E-state index contributed by atoms with van der Waals surface area (Å²) < 4.78 is 10.5. The van der Waals surface area contributed by atoms with E-state index in [1.54, 1.807) is 14.2 Å². The molecule has 0 bridgehead atoms. The highest BCUT2D eigenvalue weighted by Crippen LogP contribution is 2.29. The van der Waals surface area contributed by atoms with Crippen molar-refractivity contribution in [1.29, 1.82) is 0 Å². The Balaban J connectivity index is 2.74. The molecule has 1 aromatic rings. The number of nitrogens with one attached hydrogen (secondary N) is 1. The smallest absolute Gasteiger partial charge is 0.161 e. The maximum absolute atomic E-state index is 5.83. The van der Waals surface area contributed by atoms with Crippen molar-refractivity contribution in [2.24, 2.45) is 5.73 Å². The van der Waals surface area contributed by atoms with Gasteiger partial charge in [-0.15, -0.1) is 0 Å². The van der Waals surface area contributed by atoms with E-state index in [9.17, 15) is 0 Å². The molecule has 0 radical (unpaired) electrons. The Morgan fingerprint density at radius 3 is 2.58 bits per heavy atom. The quantitative estimate of drug-likeness (QED) is 0.558. The van der Waals surface area contributed by atoms with Crippen molar-refractivity contribution in [2.75, 3.05) is 27.3 Å². The van der Waals surface area contributed by atoms with Crippen molar-refractivity contribution in [3.8, 4) is 11.5 Å². The molecule has 1 atom stereocenters. The number of methoxy groups -OCH3 is 2. The Hall–Kier alpha value is -1.52. The van der Waals surface area contributed by atoms with Gasteiger partial charge in [0.05, 0.1) is 14.2 Å². The molecule has 3 N–H and O–H groups in total. The third kappa shape index (κ3) is 4.58. The van der Waals surface area contributed by atoms with Crippen molar-refractivity contribution >= 4 is 0 Å². The molecule has 106 valence electrons. The number of allylic oxidation sites excluding steroid dienone is 1. The van der Waals surface area contributed by atoms with Crippen LogP contribution in [0.25, 0.3) is 0 Å². The van der Waals surface area contributed by atoms with Gasteiger partial charge in [-0.25, -0.2) is 0 Å². The van der Waals surface area contributed by atoms with Crippen LogP contribution in [0.2, 0.25) is 0 Å². The Morgan fingerprint density at radius 1 is 1.26 bits per heavy atom. The number of nitrogens with two attached hydrogens (primary N) is 1. The predicted molar refractivity (Wildman–Crippen MR) is 78.8 cm³/mol. The van der Waals surface area contributed by atoms with E-state index in [2.05, 4.69) is 17.5 Å². The standard InChI is InChI=1S/C15H24N2O2/c1-4-5-6-9-17-13(11-16)12-7-8-14(18-2)15(10-12)19-3/h4-5,7-8,10,13,17H,6,9,11,16H2,1-3H3/b5-4+. The predicted octanol–water partition coefficient (Wildman–Crippen LogP) is 2.26. The molecule has 0 amide bonds. The van der Waals surface area contributed by atoms with Crippen LogP contribution in [-0.2, 0) is 0 Å². The molecular weight excluding hydrogens is 240 g/mol. The average Bonchev–Trinajstić information content (AvgIpc) is 2.46. The molecule has 19 heavy (non-hydrogen) atoms. The zero-order valence-electron chi connectivity index (χ0n) is 12.0. The molecule has 4 nitrogen and oxygen atoms in total. The molecule has 0 spiro atoms. The van der Waals surface area contributed by atoms with Gasteiger partial charge >= 0.3 is 0 Å². The van der Waals surface area contributed by atoms with Gasteiger partial charge in [0.1, 0.15) is 0 Å². The molecule has 1 unspecified atom stereocenters. The minimum absolute atomic E-state index is 0.130. The van der Waals surface area contributed by atoms with E-state index in [0.29, 0.717) is 6.54 Å². The monoisotopic (exact) mass is 264 g/mol. The third-order valence-electron chi connectivity index (χ3n) is 2.98. The zero-order valence-corrected chi connectivity index (χ0v) is 12.0. The second-order valence-electron chi connectivity index (χ2n) is 4.21. The Bertz CT molecular complexity index is 405. The van der Waals surface area contributed by atoms with E-state index in [0.717, 1.165) is 30.0 Å². The maximum atomic E-state index is 5.83. The lowest BCUT2D eigenvalue weighted by Crippen LogP contribution is -2.28. The second kappa shape index (κ2) is 8.56. The Kier molecular flexibility index (Phi) is 7.00. The fourth-order valence-corrected chi connectivity index (χ4v) is 1.91. The molecule has 0 aromatic heterocycles. The van der Waals surface area contributed by atoms with Crippen LogP contribution in [0.15, 0.2) is 30.4 Å². The highest BCUT2D eigenvalue weighted by molar-refractivity contribution is 5.43. The van der Waals surface area contributed by atoms with Gasteiger partial charge in [-0.05, 0) is 37.6 Å². The van der Waals surface area contributed by atoms with Crippen molar-refractivity contribution in [3.63, 3.8) is 0 Å². The Labute approximate surface area is 115 Å². The summed E-state index contributed by atoms with van der Waals surface area (Å²) in [7, 11) is 3.27.